The predicted molar refractivity (Wildman–Crippen MR) is 348 cm³/mol. The molecule has 33 heteroatoms. The smallest absolute Gasteiger partial charge is 0.407 e. The number of carbonyl (C=O) groups is 7. The lowest BCUT2D eigenvalue weighted by atomic mass is 10.00. The lowest BCUT2D eigenvalue weighted by Gasteiger charge is -2.29. The van der Waals surface area contributed by atoms with Gasteiger partial charge in [-0.2, -0.15) is 0 Å². The molecule has 0 spiro atoms. The number of pyridine rings is 1. The zero-order valence-corrected chi connectivity index (χ0v) is 54.2. The van der Waals surface area contributed by atoms with Crippen LogP contribution in [-0.2, 0) is 25.5 Å². The van der Waals surface area contributed by atoms with Crippen molar-refractivity contribution in [3.8, 4) is 49.1 Å². The Kier molecular flexibility index (Phi) is 19.0. The monoisotopic (exact) mass is 1370 g/mol. The number of aromatic hydroxyl groups is 1. The van der Waals surface area contributed by atoms with Crippen LogP contribution in [0.4, 0.5) is 10.5 Å². The summed E-state index contributed by atoms with van der Waals surface area (Å²) in [5, 5.41) is 43.9. The van der Waals surface area contributed by atoms with E-state index in [0.717, 1.165) is 45.3 Å². The average molecular weight is 1370 g/mol. The zero-order chi connectivity index (χ0) is 65.2. The van der Waals surface area contributed by atoms with Gasteiger partial charge in [0, 0.05) is 75.9 Å². The summed E-state index contributed by atoms with van der Waals surface area (Å²) in [5.74, 6) is -5.15. The van der Waals surface area contributed by atoms with Gasteiger partial charge in [0.2, 0.25) is 11.8 Å². The van der Waals surface area contributed by atoms with Gasteiger partial charge in [-0.05, 0) is 42.3 Å². The van der Waals surface area contributed by atoms with Gasteiger partial charge in [-0.15, -0.1) is 68.0 Å². The quantitative estimate of drug-likeness (QED) is 0.0497. The highest BCUT2D eigenvalue weighted by Gasteiger charge is 2.48. The molecule has 10 bridgehead atoms. The number of nitrogens with zero attached hydrogens (tertiary/aromatic N) is 9. The summed E-state index contributed by atoms with van der Waals surface area (Å²) in [4.78, 5) is 136. The van der Waals surface area contributed by atoms with Crippen molar-refractivity contribution in [2.75, 3.05) is 51.7 Å². The van der Waals surface area contributed by atoms with E-state index in [9.17, 15) is 39.0 Å². The predicted octanol–water partition coefficient (Wildman–Crippen LogP) is 6.04. The van der Waals surface area contributed by atoms with E-state index >= 15 is 4.79 Å². The van der Waals surface area contributed by atoms with Crippen LogP contribution in [0.15, 0.2) is 87.6 Å². The molecule has 93 heavy (non-hydrogen) atoms. The molecule has 10 heterocycles. The van der Waals surface area contributed by atoms with E-state index in [0.29, 0.717) is 97.2 Å². The fourth-order valence-corrected chi connectivity index (χ4v) is 16.2. The lowest BCUT2D eigenvalue weighted by Crippen LogP contribution is -2.50. The van der Waals surface area contributed by atoms with Crippen LogP contribution >= 0.6 is 68.0 Å². The number of morpholine rings is 1. The number of fused-ring (bicyclic) bond motifs is 16. The number of nitrogens with one attached hydrogen (secondary N) is 4. The summed E-state index contributed by atoms with van der Waals surface area (Å²) in [6.45, 7) is 6.78. The van der Waals surface area contributed by atoms with Gasteiger partial charge in [0.05, 0.1) is 49.6 Å². The SMILES string of the molecule is Cc1sc2nc1C(=O)N[C@@H]([C@H](O)c1ccccc1)c1nc(cs1)C(=O)N[C@@H](Cc1ccc(O)c(N)c1)C(=O)N1C[C@H](OC(=O)NCCN3CCOCC3)[C@H](C)[C@H]1c1nc(cs1)-c1nc(cs1)-c1nc(-c3nc(C(N)=O)cs3)ccc1-c1nc(cs1)C(=O)N[C@H]2CC(N)=O. The van der Waals surface area contributed by atoms with Crippen molar-refractivity contribution in [2.24, 2.45) is 17.4 Å². The molecule has 7 atom stereocenters. The number of aliphatic hydroxyl groups excluding tert-OH is 1. The second-order valence-electron chi connectivity index (χ2n) is 21.9. The van der Waals surface area contributed by atoms with Crippen LogP contribution in [0, 0.1) is 12.8 Å². The molecule has 3 aliphatic heterocycles. The minimum absolute atomic E-state index is 0.0241. The molecule has 7 amide bonds. The molecule has 12 N–H and O–H groups in total. The number of benzene rings is 2. The molecule has 27 nitrogen and oxygen atoms in total. The number of hydrogen-bond acceptors (Lipinski definition) is 26. The summed E-state index contributed by atoms with van der Waals surface area (Å²) < 4.78 is 11.6. The first-order chi connectivity index (χ1) is 44.8. The molecule has 12 rings (SSSR count). The number of ether oxygens (including phenoxy) is 2. The van der Waals surface area contributed by atoms with E-state index in [2.05, 4.69) is 41.1 Å². The number of anilines is 1. The first-order valence-corrected chi connectivity index (χ1v) is 34.2. The van der Waals surface area contributed by atoms with Crippen molar-refractivity contribution >= 4 is 115 Å². The van der Waals surface area contributed by atoms with Crippen molar-refractivity contribution in [2.45, 2.75) is 63.1 Å². The fraction of sp³-hybridized carbons (Fsp3) is 0.300. The van der Waals surface area contributed by atoms with Gasteiger partial charge >= 0.3 is 6.09 Å². The topological polar surface area (TPSA) is 401 Å². The van der Waals surface area contributed by atoms with Gasteiger partial charge in [-0.1, -0.05) is 43.3 Å². The summed E-state index contributed by atoms with van der Waals surface area (Å²) in [6.07, 6.45) is -3.59. The van der Waals surface area contributed by atoms with Crippen molar-refractivity contribution in [3.05, 3.63) is 141 Å². The Bertz CT molecular complexity index is 4310. The molecular formula is C60H58N16O11S6. The molecule has 2 aromatic carbocycles. The summed E-state index contributed by atoms with van der Waals surface area (Å²) in [5.41, 5.74) is 20.1. The lowest BCUT2D eigenvalue weighted by molar-refractivity contribution is -0.134. The number of alkyl carbamates (subject to hydrolysis) is 1. The van der Waals surface area contributed by atoms with E-state index in [-0.39, 0.29) is 63.7 Å². The number of nitrogen functional groups attached to an aromatic ring is 1. The third kappa shape index (κ3) is 14.2. The van der Waals surface area contributed by atoms with Crippen LogP contribution < -0.4 is 38.5 Å². The van der Waals surface area contributed by atoms with E-state index in [1.54, 1.807) is 66.2 Å². The molecule has 0 saturated carbocycles. The number of primary amides is 2. The van der Waals surface area contributed by atoms with E-state index in [4.69, 9.17) is 46.6 Å². The Labute approximate surface area is 553 Å². The number of hydrogen-bond donors (Lipinski definition) is 9. The van der Waals surface area contributed by atoms with Crippen LogP contribution in [0.1, 0.15) is 111 Å². The highest BCUT2D eigenvalue weighted by Crippen LogP contribution is 2.44. The van der Waals surface area contributed by atoms with Crippen molar-refractivity contribution < 1.29 is 53.2 Å². The summed E-state index contributed by atoms with van der Waals surface area (Å²) in [7, 11) is 0. The van der Waals surface area contributed by atoms with Crippen LogP contribution in [0.2, 0.25) is 0 Å². The summed E-state index contributed by atoms with van der Waals surface area (Å²) >= 11 is 6.78. The molecule has 7 aromatic heterocycles. The number of aliphatic hydroxyl groups is 1. The van der Waals surface area contributed by atoms with Gasteiger partial charge in [0.15, 0.2) is 0 Å². The van der Waals surface area contributed by atoms with Gasteiger partial charge < -0.3 is 63.1 Å². The number of carbonyl (C=O) groups excluding carboxylic acids is 7. The Morgan fingerprint density at radius 2 is 1.41 bits per heavy atom. The number of nitrogens with two attached hydrogens (primary N) is 3. The molecule has 3 aliphatic rings. The van der Waals surface area contributed by atoms with Gasteiger partial charge in [0.1, 0.15) is 99.9 Å². The molecule has 480 valence electrons. The third-order valence-electron chi connectivity index (χ3n) is 15.7. The molecule has 9 aromatic rings. The number of aromatic nitrogens is 7. The Morgan fingerprint density at radius 3 is 2.16 bits per heavy atom. The van der Waals surface area contributed by atoms with Gasteiger partial charge in [0.25, 0.3) is 23.6 Å². The second kappa shape index (κ2) is 27.6. The number of rotatable bonds is 12. The number of phenolic OH excluding ortho intramolecular Hbond substituents is 1. The highest BCUT2D eigenvalue weighted by atomic mass is 32.1. The standard InChI is InChI=1S/C60H58N16O11S6/c1-27-42(87-60(85)64-12-13-75-14-16-86-17-15-75)21-76-47(27)58-72-40(26-92-58)55-68-36(22-89-55)45-31(9-10-33(65-45)54-69-37(23-90-54)49(63)80)53-70-38(24-88-53)50(81)66-34(20-43(62)78)56-74-44(28(2)93-56)52(83)73-46(48(79)30-6-4-3-5-7-30)57-71-39(25-91-57)51(82)67-35(59(76)84)19-29-8-11-41(77)32(61)18-29/h3-11,18,22-27,34-35,42,46-48,77,79H,12-17,19-21,61H2,1-2H3,(H2,62,78)(H2,63,80)(H,64,85)(H,66,81)(H,67,82)(H,73,83)/t27-,34-,35-,42-,46-,47-,48+/m0/s1. The minimum atomic E-state index is -1.45. The van der Waals surface area contributed by atoms with Crippen LogP contribution in [0.5, 0.6) is 5.75 Å². The molecule has 0 unspecified atom stereocenters. The number of thiazole rings is 6. The maximum absolute atomic E-state index is 15.7. The largest absolute Gasteiger partial charge is 0.506 e. The second-order valence-corrected chi connectivity index (χ2v) is 27.5. The number of aryl methyl sites for hydroxylation is 1. The van der Waals surface area contributed by atoms with Crippen LogP contribution in [-0.4, -0.2) is 155 Å². The normalized spacial score (nSPS) is 20.0. The molecule has 0 radical (unpaired) electrons. The average Bonchev–Trinajstić information content (AvgIpc) is 1.66. The van der Waals surface area contributed by atoms with Crippen molar-refractivity contribution in [3.63, 3.8) is 0 Å². The highest BCUT2D eigenvalue weighted by molar-refractivity contribution is 7.15. The molecule has 2 saturated heterocycles. The number of amides is 7. The first-order valence-electron chi connectivity index (χ1n) is 29.0. The minimum Gasteiger partial charge on any atom is -0.506 e. The Balaban J connectivity index is 0.958. The van der Waals surface area contributed by atoms with E-state index in [1.807, 2.05) is 6.92 Å². The zero-order valence-electron chi connectivity index (χ0n) is 49.3. The molecular weight excluding hydrogens is 1310 g/mol. The van der Waals surface area contributed by atoms with E-state index in [1.165, 1.54) is 55.8 Å². The fourth-order valence-electron chi connectivity index (χ4n) is 10.9. The molecule has 2 fully saturated rings. The maximum atomic E-state index is 15.7. The maximum Gasteiger partial charge on any atom is 0.407 e. The van der Waals surface area contributed by atoms with Crippen LogP contribution in [0.25, 0.3) is 43.4 Å². The van der Waals surface area contributed by atoms with Crippen LogP contribution in [0.3, 0.4) is 0 Å². The van der Waals surface area contributed by atoms with Crippen molar-refractivity contribution in [1.29, 1.82) is 0 Å². The summed E-state index contributed by atoms with van der Waals surface area (Å²) in [6, 6.07) is 11.7. The van der Waals surface area contributed by atoms with E-state index < -0.39 is 90.3 Å². The third-order valence-corrected chi connectivity index (χ3v) is 21.2. The molecule has 0 aliphatic carbocycles. The van der Waals surface area contributed by atoms with Gasteiger partial charge in [-0.3, -0.25) is 33.7 Å². The Hall–Kier alpha value is -9.06. The Morgan fingerprint density at radius 1 is 0.731 bits per heavy atom. The van der Waals surface area contributed by atoms with Crippen molar-refractivity contribution in [1.82, 2.24) is 66.0 Å². The first kappa shape index (κ1) is 64.1. The van der Waals surface area contributed by atoms with Gasteiger partial charge in [-0.25, -0.2) is 39.7 Å². The number of phenols is 1.